The number of nitrogens with zero attached hydrogens (tertiary/aromatic N) is 1. The smallest absolute Gasteiger partial charge is 0.261 e. The Bertz CT molecular complexity index is 778. The third-order valence-corrected chi connectivity index (χ3v) is 3.39. The van der Waals surface area contributed by atoms with Crippen molar-refractivity contribution in [1.29, 1.82) is 0 Å². The first-order valence-electron chi connectivity index (χ1n) is 7.39. The minimum absolute atomic E-state index is 0.212. The van der Waals surface area contributed by atoms with Crippen LogP contribution in [0.25, 0.3) is 0 Å². The summed E-state index contributed by atoms with van der Waals surface area (Å²) in [7, 11) is 0. The third kappa shape index (κ3) is 4.45. The van der Waals surface area contributed by atoms with Crippen LogP contribution in [-0.2, 0) is 4.79 Å². The molecule has 0 atom stereocenters. The number of pyridine rings is 1. The summed E-state index contributed by atoms with van der Waals surface area (Å²) in [5, 5.41) is 5.71. The fourth-order valence-corrected chi connectivity index (χ4v) is 2.21. The van der Waals surface area contributed by atoms with Crippen LogP contribution in [0.15, 0.2) is 30.3 Å². The average Bonchev–Trinajstić information content (AvgIpc) is 2.50. The van der Waals surface area contributed by atoms with E-state index in [2.05, 4.69) is 15.6 Å². The van der Waals surface area contributed by atoms with Gasteiger partial charge in [-0.1, -0.05) is 11.6 Å². The first-order chi connectivity index (χ1) is 11.4. The Morgan fingerprint density at radius 3 is 2.62 bits per heavy atom. The summed E-state index contributed by atoms with van der Waals surface area (Å²) in [5.74, 6) is -0.340. The van der Waals surface area contributed by atoms with Crippen LogP contribution in [0.5, 0.6) is 5.88 Å². The van der Waals surface area contributed by atoms with Gasteiger partial charge in [0.2, 0.25) is 11.8 Å². The van der Waals surface area contributed by atoms with E-state index >= 15 is 0 Å². The van der Waals surface area contributed by atoms with Crippen LogP contribution in [0.3, 0.4) is 0 Å². The molecule has 2 rings (SSSR count). The van der Waals surface area contributed by atoms with Gasteiger partial charge in [-0.25, -0.2) is 4.98 Å². The molecule has 7 heteroatoms. The first kappa shape index (κ1) is 17.7. The molecule has 24 heavy (non-hydrogen) atoms. The second-order valence-corrected chi connectivity index (χ2v) is 5.48. The number of nitrogens with one attached hydrogen (secondary N) is 2. The van der Waals surface area contributed by atoms with E-state index in [-0.39, 0.29) is 11.8 Å². The molecule has 0 aliphatic rings. The number of rotatable bonds is 5. The average molecular weight is 348 g/mol. The van der Waals surface area contributed by atoms with E-state index < -0.39 is 5.91 Å². The summed E-state index contributed by atoms with van der Waals surface area (Å²) < 4.78 is 5.42. The minimum Gasteiger partial charge on any atom is -0.477 e. The Balaban J connectivity index is 2.28. The second-order valence-electron chi connectivity index (χ2n) is 5.07. The van der Waals surface area contributed by atoms with Crippen molar-refractivity contribution in [1.82, 2.24) is 4.98 Å². The van der Waals surface area contributed by atoms with E-state index in [0.717, 1.165) is 5.69 Å². The number of halogens is 1. The standard InChI is InChI=1S/C17H18ClN3O3/c1-4-24-17-13(7-5-10(2)19-17)16(23)21-15-9-12(20-11(3)22)6-8-14(15)18/h5-9H,4H2,1-3H3,(H,20,22)(H,21,23). The predicted molar refractivity (Wildman–Crippen MR) is 93.9 cm³/mol. The quantitative estimate of drug-likeness (QED) is 0.865. The second kappa shape index (κ2) is 7.79. The lowest BCUT2D eigenvalue weighted by Crippen LogP contribution is -2.15. The lowest BCUT2D eigenvalue weighted by Gasteiger charge is -2.12. The van der Waals surface area contributed by atoms with Gasteiger partial charge in [-0.15, -0.1) is 0 Å². The van der Waals surface area contributed by atoms with Gasteiger partial charge in [0.05, 0.1) is 17.3 Å². The van der Waals surface area contributed by atoms with Gasteiger partial charge in [-0.3, -0.25) is 9.59 Å². The van der Waals surface area contributed by atoms with Gasteiger partial charge in [0.1, 0.15) is 5.56 Å². The lowest BCUT2D eigenvalue weighted by atomic mass is 10.2. The molecule has 0 saturated heterocycles. The zero-order chi connectivity index (χ0) is 17.7. The zero-order valence-electron chi connectivity index (χ0n) is 13.6. The van der Waals surface area contributed by atoms with E-state index in [4.69, 9.17) is 16.3 Å². The molecule has 0 aliphatic carbocycles. The highest BCUT2D eigenvalue weighted by Gasteiger charge is 2.16. The van der Waals surface area contributed by atoms with E-state index in [1.807, 2.05) is 13.8 Å². The van der Waals surface area contributed by atoms with Crippen molar-refractivity contribution in [3.63, 3.8) is 0 Å². The Morgan fingerprint density at radius 2 is 1.96 bits per heavy atom. The Kier molecular flexibility index (Phi) is 5.76. The zero-order valence-corrected chi connectivity index (χ0v) is 14.4. The lowest BCUT2D eigenvalue weighted by molar-refractivity contribution is -0.114. The fraction of sp³-hybridized carbons (Fsp3) is 0.235. The number of aryl methyl sites for hydroxylation is 1. The van der Waals surface area contributed by atoms with E-state index in [1.165, 1.54) is 6.92 Å². The molecular weight excluding hydrogens is 330 g/mol. The van der Waals surface area contributed by atoms with Crippen molar-refractivity contribution in [3.8, 4) is 5.88 Å². The maximum atomic E-state index is 12.5. The molecule has 2 amide bonds. The van der Waals surface area contributed by atoms with Crippen LogP contribution in [0, 0.1) is 6.92 Å². The molecule has 6 nitrogen and oxygen atoms in total. The van der Waals surface area contributed by atoms with Crippen LogP contribution < -0.4 is 15.4 Å². The number of hydrogen-bond donors (Lipinski definition) is 2. The molecule has 1 aromatic carbocycles. The molecule has 0 radical (unpaired) electrons. The molecule has 0 fully saturated rings. The summed E-state index contributed by atoms with van der Waals surface area (Å²) in [5.41, 5.74) is 1.98. The number of carbonyl (C=O) groups excluding carboxylic acids is 2. The topological polar surface area (TPSA) is 80.3 Å². The van der Waals surface area contributed by atoms with Crippen LogP contribution >= 0.6 is 11.6 Å². The maximum absolute atomic E-state index is 12.5. The Hall–Kier alpha value is -2.60. The summed E-state index contributed by atoms with van der Waals surface area (Å²) in [6.45, 7) is 5.44. The van der Waals surface area contributed by atoms with Gasteiger partial charge < -0.3 is 15.4 Å². The van der Waals surface area contributed by atoms with Crippen molar-refractivity contribution in [3.05, 3.63) is 46.6 Å². The van der Waals surface area contributed by atoms with Gasteiger partial charge in [-0.2, -0.15) is 0 Å². The number of carbonyl (C=O) groups is 2. The van der Waals surface area contributed by atoms with Gasteiger partial charge in [-0.05, 0) is 44.2 Å². The summed E-state index contributed by atoms with van der Waals surface area (Å²) in [4.78, 5) is 27.9. The molecule has 0 saturated carbocycles. The molecular formula is C17H18ClN3O3. The normalized spacial score (nSPS) is 10.2. The molecule has 126 valence electrons. The number of amides is 2. The molecule has 2 aromatic rings. The van der Waals surface area contributed by atoms with E-state index in [0.29, 0.717) is 28.6 Å². The highest BCUT2D eigenvalue weighted by atomic mass is 35.5. The number of ether oxygens (including phenoxy) is 1. The molecule has 1 heterocycles. The van der Waals surface area contributed by atoms with Crippen molar-refractivity contribution in [2.24, 2.45) is 0 Å². The largest absolute Gasteiger partial charge is 0.477 e. The van der Waals surface area contributed by atoms with Crippen LogP contribution in [0.1, 0.15) is 29.9 Å². The number of aromatic nitrogens is 1. The molecule has 0 aliphatic heterocycles. The summed E-state index contributed by atoms with van der Waals surface area (Å²) in [6, 6.07) is 8.21. The van der Waals surface area contributed by atoms with E-state index in [9.17, 15) is 9.59 Å². The molecule has 0 bridgehead atoms. The molecule has 2 N–H and O–H groups in total. The third-order valence-electron chi connectivity index (χ3n) is 3.06. The summed E-state index contributed by atoms with van der Waals surface area (Å²) in [6.07, 6.45) is 0. The van der Waals surface area contributed by atoms with Crippen molar-refractivity contribution in [2.75, 3.05) is 17.2 Å². The number of benzene rings is 1. The maximum Gasteiger partial charge on any atom is 0.261 e. The monoisotopic (exact) mass is 347 g/mol. The van der Waals surface area contributed by atoms with Gasteiger partial charge >= 0.3 is 0 Å². The van der Waals surface area contributed by atoms with Crippen molar-refractivity contribution in [2.45, 2.75) is 20.8 Å². The minimum atomic E-state index is -0.396. The first-order valence-corrected chi connectivity index (χ1v) is 7.77. The Morgan fingerprint density at radius 1 is 1.21 bits per heavy atom. The van der Waals surface area contributed by atoms with Crippen LogP contribution in [-0.4, -0.2) is 23.4 Å². The SMILES string of the molecule is CCOc1nc(C)ccc1C(=O)Nc1cc(NC(C)=O)ccc1Cl. The molecule has 0 spiro atoms. The molecule has 1 aromatic heterocycles. The number of anilines is 2. The highest BCUT2D eigenvalue weighted by Crippen LogP contribution is 2.27. The predicted octanol–water partition coefficient (Wildman–Crippen LogP) is 3.65. The van der Waals surface area contributed by atoms with Crippen LogP contribution in [0.2, 0.25) is 5.02 Å². The fourth-order valence-electron chi connectivity index (χ4n) is 2.04. The van der Waals surface area contributed by atoms with Gasteiger partial charge in [0, 0.05) is 18.3 Å². The van der Waals surface area contributed by atoms with E-state index in [1.54, 1.807) is 30.3 Å². The Labute approximate surface area is 145 Å². The van der Waals surface area contributed by atoms with Crippen LogP contribution in [0.4, 0.5) is 11.4 Å². The van der Waals surface area contributed by atoms with Crippen molar-refractivity contribution < 1.29 is 14.3 Å². The van der Waals surface area contributed by atoms with Gasteiger partial charge in [0.15, 0.2) is 0 Å². The van der Waals surface area contributed by atoms with Crippen molar-refractivity contribution >= 4 is 34.8 Å². The molecule has 0 unspecified atom stereocenters. The summed E-state index contributed by atoms with van der Waals surface area (Å²) >= 11 is 6.12. The number of hydrogen-bond acceptors (Lipinski definition) is 4. The van der Waals surface area contributed by atoms with Gasteiger partial charge in [0.25, 0.3) is 5.91 Å². The highest BCUT2D eigenvalue weighted by molar-refractivity contribution is 6.34.